The minimum absolute atomic E-state index is 1.10. The van der Waals surface area contributed by atoms with E-state index in [1.165, 1.54) is 21.1 Å². The van der Waals surface area contributed by atoms with Gasteiger partial charge in [-0.05, 0) is 33.3 Å². The van der Waals surface area contributed by atoms with Gasteiger partial charge in [0.2, 0.25) is 0 Å². The summed E-state index contributed by atoms with van der Waals surface area (Å²) in [6.45, 7) is 0. The van der Waals surface area contributed by atoms with E-state index >= 15 is 0 Å². The van der Waals surface area contributed by atoms with Crippen molar-refractivity contribution in [2.75, 3.05) is 0 Å². The molecule has 0 heterocycles. The Balaban J connectivity index is 1.98. The van der Waals surface area contributed by atoms with Crippen molar-refractivity contribution < 1.29 is 0 Å². The molecule has 0 fully saturated rings. The maximum atomic E-state index is 3.59. The third-order valence-corrected chi connectivity index (χ3v) is 9.95. The highest BCUT2D eigenvalue weighted by molar-refractivity contribution is 9.10. The molecule has 4 aromatic carbocycles. The van der Waals surface area contributed by atoms with E-state index in [0.717, 1.165) is 4.47 Å². The summed E-state index contributed by atoms with van der Waals surface area (Å²) in [6, 6.07) is 41.3. The summed E-state index contributed by atoms with van der Waals surface area (Å²) in [7, 11) is -2.32. The standard InChI is InChI=1S/C26H21BrSi/c27-23-12-10-11-22(21-23)19-20-28(24-13-4-1-5-14-24,25-15-6-2-7-16-25)26-17-8-3-9-18-26/h1-21H/b20-19+. The maximum absolute atomic E-state index is 3.59. The quantitative estimate of drug-likeness (QED) is 0.296. The second kappa shape index (κ2) is 8.55. The van der Waals surface area contributed by atoms with Crippen molar-refractivity contribution in [3.8, 4) is 0 Å². The van der Waals surface area contributed by atoms with Crippen LogP contribution in [0.5, 0.6) is 0 Å². The molecule has 0 aliphatic rings. The zero-order chi connectivity index (χ0) is 19.2. The van der Waals surface area contributed by atoms with Gasteiger partial charge in [-0.2, -0.15) is 0 Å². The van der Waals surface area contributed by atoms with Gasteiger partial charge in [-0.3, -0.25) is 0 Å². The van der Waals surface area contributed by atoms with E-state index in [1.807, 2.05) is 0 Å². The number of hydrogen-bond acceptors (Lipinski definition) is 0. The predicted molar refractivity (Wildman–Crippen MR) is 127 cm³/mol. The maximum Gasteiger partial charge on any atom is 0.172 e. The summed E-state index contributed by atoms with van der Waals surface area (Å²) in [5, 5.41) is 4.16. The molecule has 2 heteroatoms. The van der Waals surface area contributed by atoms with Crippen LogP contribution < -0.4 is 15.6 Å². The summed E-state index contributed by atoms with van der Waals surface area (Å²) < 4.78 is 1.10. The van der Waals surface area contributed by atoms with E-state index in [-0.39, 0.29) is 0 Å². The molecule has 0 N–H and O–H groups in total. The predicted octanol–water partition coefficient (Wildman–Crippen LogP) is 5.17. The van der Waals surface area contributed by atoms with Crippen LogP contribution in [-0.2, 0) is 0 Å². The van der Waals surface area contributed by atoms with Gasteiger partial charge in [0.05, 0.1) is 0 Å². The van der Waals surface area contributed by atoms with Gasteiger partial charge in [0.15, 0.2) is 8.07 Å². The molecule has 0 saturated heterocycles. The van der Waals surface area contributed by atoms with Gasteiger partial charge in [0.1, 0.15) is 0 Å². The summed E-state index contributed by atoms with van der Waals surface area (Å²) >= 11 is 3.59. The van der Waals surface area contributed by atoms with E-state index in [2.05, 4.69) is 143 Å². The lowest BCUT2D eigenvalue weighted by molar-refractivity contribution is 1.61. The number of hydrogen-bond donors (Lipinski definition) is 0. The number of halogens is 1. The topological polar surface area (TPSA) is 0 Å². The van der Waals surface area contributed by atoms with Crippen LogP contribution >= 0.6 is 15.9 Å². The molecular formula is C26H21BrSi. The highest BCUT2D eigenvalue weighted by Crippen LogP contribution is 2.16. The Kier molecular flexibility index (Phi) is 5.70. The zero-order valence-corrected chi connectivity index (χ0v) is 18.1. The zero-order valence-electron chi connectivity index (χ0n) is 15.5. The smallest absolute Gasteiger partial charge is 0.0812 e. The van der Waals surface area contributed by atoms with E-state index in [0.29, 0.717) is 0 Å². The molecule has 0 radical (unpaired) electrons. The first kappa shape index (κ1) is 18.7. The van der Waals surface area contributed by atoms with Gasteiger partial charge in [-0.25, -0.2) is 0 Å². The fourth-order valence-electron chi connectivity index (χ4n) is 3.72. The van der Waals surface area contributed by atoms with Crippen LogP contribution in [0.3, 0.4) is 0 Å². The molecule has 0 aromatic heterocycles. The normalized spacial score (nSPS) is 11.6. The third kappa shape index (κ3) is 3.80. The highest BCUT2D eigenvalue weighted by Gasteiger charge is 2.36. The highest BCUT2D eigenvalue weighted by atomic mass is 79.9. The van der Waals surface area contributed by atoms with Gasteiger partial charge in [-0.15, -0.1) is 0 Å². The van der Waals surface area contributed by atoms with Crippen LogP contribution in [0.1, 0.15) is 5.56 Å². The second-order valence-corrected chi connectivity index (χ2v) is 11.4. The Labute approximate surface area is 176 Å². The molecule has 0 aliphatic carbocycles. The first-order chi connectivity index (χ1) is 13.8. The van der Waals surface area contributed by atoms with Gasteiger partial charge < -0.3 is 0 Å². The first-order valence-corrected chi connectivity index (χ1v) is 12.3. The van der Waals surface area contributed by atoms with Crippen LogP contribution in [-0.4, -0.2) is 8.07 Å². The number of benzene rings is 4. The van der Waals surface area contributed by atoms with Gasteiger partial charge in [0, 0.05) is 4.47 Å². The summed E-state index contributed by atoms with van der Waals surface area (Å²) in [6.07, 6.45) is 2.28. The van der Waals surface area contributed by atoms with E-state index in [1.54, 1.807) is 0 Å². The fourth-order valence-corrected chi connectivity index (χ4v) is 8.31. The average Bonchev–Trinajstić information content (AvgIpc) is 2.77. The summed E-state index contributed by atoms with van der Waals surface area (Å²) in [4.78, 5) is 0. The molecular weight excluding hydrogens is 420 g/mol. The number of rotatable bonds is 5. The lowest BCUT2D eigenvalue weighted by atomic mass is 10.2. The lowest BCUT2D eigenvalue weighted by Gasteiger charge is -2.30. The minimum Gasteiger partial charge on any atom is -0.0812 e. The molecule has 0 bridgehead atoms. The van der Waals surface area contributed by atoms with E-state index in [4.69, 9.17) is 0 Å². The van der Waals surface area contributed by atoms with Crippen LogP contribution in [0.2, 0.25) is 0 Å². The molecule has 0 aliphatic heterocycles. The molecule has 0 nitrogen and oxygen atoms in total. The average molecular weight is 441 g/mol. The monoisotopic (exact) mass is 440 g/mol. The van der Waals surface area contributed by atoms with Crippen LogP contribution in [0.25, 0.3) is 6.08 Å². The van der Waals surface area contributed by atoms with Crippen molar-refractivity contribution in [1.29, 1.82) is 0 Å². The second-order valence-electron chi connectivity index (χ2n) is 6.79. The van der Waals surface area contributed by atoms with Gasteiger partial charge in [-0.1, -0.05) is 131 Å². The molecule has 0 unspecified atom stereocenters. The lowest BCUT2D eigenvalue weighted by Crippen LogP contribution is -2.66. The van der Waals surface area contributed by atoms with Crippen molar-refractivity contribution in [3.63, 3.8) is 0 Å². The largest absolute Gasteiger partial charge is 0.172 e. The Morgan fingerprint density at radius 3 is 1.43 bits per heavy atom. The molecule has 0 amide bonds. The van der Waals surface area contributed by atoms with Crippen molar-refractivity contribution in [1.82, 2.24) is 0 Å². The SMILES string of the molecule is Brc1cccc(/C=C/[Si](c2ccccc2)(c2ccccc2)c2ccccc2)c1. The molecule has 0 spiro atoms. The molecule has 4 rings (SSSR count). The molecule has 0 saturated carbocycles. The van der Waals surface area contributed by atoms with Crippen LogP contribution in [0.15, 0.2) is 125 Å². The van der Waals surface area contributed by atoms with Crippen LogP contribution in [0.4, 0.5) is 0 Å². The van der Waals surface area contributed by atoms with Gasteiger partial charge in [0.25, 0.3) is 0 Å². The van der Waals surface area contributed by atoms with E-state index < -0.39 is 8.07 Å². The van der Waals surface area contributed by atoms with Crippen molar-refractivity contribution in [2.24, 2.45) is 0 Å². The van der Waals surface area contributed by atoms with Gasteiger partial charge >= 0.3 is 0 Å². The fraction of sp³-hybridized carbons (Fsp3) is 0. The van der Waals surface area contributed by atoms with Crippen molar-refractivity contribution >= 4 is 45.6 Å². The molecule has 136 valence electrons. The first-order valence-electron chi connectivity index (χ1n) is 9.40. The Bertz CT molecular complexity index is 960. The van der Waals surface area contributed by atoms with Crippen LogP contribution in [0, 0.1) is 0 Å². The Hall–Kier alpha value is -2.68. The van der Waals surface area contributed by atoms with Crippen molar-refractivity contribution in [3.05, 3.63) is 131 Å². The third-order valence-electron chi connectivity index (χ3n) is 5.06. The van der Waals surface area contributed by atoms with E-state index in [9.17, 15) is 0 Å². The molecule has 0 atom stereocenters. The Morgan fingerprint density at radius 1 is 0.536 bits per heavy atom. The minimum atomic E-state index is -2.32. The summed E-state index contributed by atoms with van der Waals surface area (Å²) in [5.74, 6) is 0. The molecule has 4 aromatic rings. The Morgan fingerprint density at radius 2 is 1.00 bits per heavy atom. The van der Waals surface area contributed by atoms with Crippen molar-refractivity contribution in [2.45, 2.75) is 0 Å². The molecule has 28 heavy (non-hydrogen) atoms. The summed E-state index contributed by atoms with van der Waals surface area (Å²) in [5.41, 5.74) is 3.67.